The van der Waals surface area contributed by atoms with E-state index < -0.39 is 5.60 Å². The van der Waals surface area contributed by atoms with Crippen LogP contribution in [0.15, 0.2) is 12.1 Å². The normalized spacial score (nSPS) is 18.1. The van der Waals surface area contributed by atoms with E-state index in [0.29, 0.717) is 29.3 Å². The summed E-state index contributed by atoms with van der Waals surface area (Å²) in [7, 11) is 1.80. The van der Waals surface area contributed by atoms with Crippen LogP contribution in [0.1, 0.15) is 57.3 Å². The molecule has 3 rings (SSSR count). The number of hydrogen-bond acceptors (Lipinski definition) is 7. The van der Waals surface area contributed by atoms with E-state index in [0.717, 1.165) is 19.3 Å². The summed E-state index contributed by atoms with van der Waals surface area (Å²) in [4.78, 5) is 41.0. The fraction of sp³-hybridized carbons (Fsp3) is 0.591. The Labute approximate surface area is 182 Å². The summed E-state index contributed by atoms with van der Waals surface area (Å²) in [5.41, 5.74) is 0.147. The Morgan fingerprint density at radius 1 is 1.19 bits per heavy atom. The fourth-order valence-electron chi connectivity index (χ4n) is 3.76. The molecule has 0 aromatic heterocycles. The Morgan fingerprint density at radius 2 is 1.87 bits per heavy atom. The SMILES string of the molecule is CC(=O)c1cc2c(cc1NC(=O)CN(C)C1CCCCN1C(=O)OC(C)(C)C)OCO2. The number of rotatable bonds is 5. The molecule has 2 heterocycles. The van der Waals surface area contributed by atoms with E-state index in [1.54, 1.807) is 24.1 Å². The second-order valence-electron chi connectivity index (χ2n) is 8.92. The van der Waals surface area contributed by atoms with Crippen LogP contribution in [0, 0.1) is 0 Å². The molecular formula is C22H31N3O6. The Morgan fingerprint density at radius 3 is 2.52 bits per heavy atom. The highest BCUT2D eigenvalue weighted by atomic mass is 16.7. The van der Waals surface area contributed by atoms with Crippen molar-refractivity contribution >= 4 is 23.5 Å². The largest absolute Gasteiger partial charge is 0.454 e. The molecular weight excluding hydrogens is 402 g/mol. The van der Waals surface area contributed by atoms with Gasteiger partial charge in [-0.2, -0.15) is 0 Å². The third-order valence-corrected chi connectivity index (χ3v) is 5.17. The molecule has 2 amide bonds. The number of fused-ring (bicyclic) bond motifs is 1. The predicted octanol–water partition coefficient (Wildman–Crippen LogP) is 3.24. The molecule has 1 aromatic carbocycles. The zero-order chi connectivity index (χ0) is 22.8. The molecule has 1 saturated heterocycles. The van der Waals surface area contributed by atoms with E-state index in [1.165, 1.54) is 6.92 Å². The van der Waals surface area contributed by atoms with Gasteiger partial charge in [-0.25, -0.2) is 4.79 Å². The first kappa shape index (κ1) is 22.9. The van der Waals surface area contributed by atoms with Crippen molar-refractivity contribution in [3.05, 3.63) is 17.7 Å². The van der Waals surface area contributed by atoms with Gasteiger partial charge in [0.2, 0.25) is 12.7 Å². The topological polar surface area (TPSA) is 97.4 Å². The minimum absolute atomic E-state index is 0.0513. The number of nitrogens with one attached hydrogen (secondary N) is 1. The molecule has 9 nitrogen and oxygen atoms in total. The lowest BCUT2D eigenvalue weighted by Gasteiger charge is -2.41. The number of carbonyl (C=O) groups excluding carboxylic acids is 3. The van der Waals surface area contributed by atoms with Crippen molar-refractivity contribution in [1.29, 1.82) is 0 Å². The lowest BCUT2D eigenvalue weighted by atomic mass is 10.1. The second kappa shape index (κ2) is 9.13. The highest BCUT2D eigenvalue weighted by Gasteiger charge is 2.33. The minimum Gasteiger partial charge on any atom is -0.454 e. The number of nitrogens with zero attached hydrogens (tertiary/aromatic N) is 2. The molecule has 0 aliphatic carbocycles. The molecule has 1 unspecified atom stereocenters. The van der Waals surface area contributed by atoms with E-state index in [4.69, 9.17) is 14.2 Å². The van der Waals surface area contributed by atoms with Crippen molar-refractivity contribution in [2.24, 2.45) is 0 Å². The number of likely N-dealkylation sites (N-methyl/N-ethyl adjacent to an activating group) is 1. The molecule has 0 spiro atoms. The lowest BCUT2D eigenvalue weighted by molar-refractivity contribution is -0.118. The van der Waals surface area contributed by atoms with Crippen LogP contribution in [0.4, 0.5) is 10.5 Å². The second-order valence-corrected chi connectivity index (χ2v) is 8.92. The average Bonchev–Trinajstić information content (AvgIpc) is 3.13. The molecule has 2 aliphatic rings. The van der Waals surface area contributed by atoms with Crippen LogP contribution in [-0.4, -0.2) is 66.3 Å². The standard InChI is InChI=1S/C22H31N3O6/c1-14(26)15-10-17-18(30-13-29-17)11-16(15)23-19(27)12-24(5)20-8-6-7-9-25(20)21(28)31-22(2,3)4/h10-11,20H,6-9,12-13H2,1-5H3,(H,23,27). The number of hydrogen-bond donors (Lipinski definition) is 1. The highest BCUT2D eigenvalue weighted by Crippen LogP contribution is 2.37. The number of likely N-dealkylation sites (tertiary alicyclic amines) is 1. The lowest BCUT2D eigenvalue weighted by Crippen LogP contribution is -2.54. The smallest absolute Gasteiger partial charge is 0.411 e. The maximum Gasteiger partial charge on any atom is 0.411 e. The molecule has 9 heteroatoms. The third kappa shape index (κ3) is 5.66. The van der Waals surface area contributed by atoms with Gasteiger partial charge in [0.25, 0.3) is 0 Å². The molecule has 0 radical (unpaired) electrons. The summed E-state index contributed by atoms with van der Waals surface area (Å²) in [6.45, 7) is 7.64. The van der Waals surface area contributed by atoms with Crippen LogP contribution >= 0.6 is 0 Å². The minimum atomic E-state index is -0.586. The first-order valence-corrected chi connectivity index (χ1v) is 10.5. The summed E-state index contributed by atoms with van der Waals surface area (Å²) >= 11 is 0. The Hall–Kier alpha value is -2.81. The number of anilines is 1. The number of Topliss-reactive ketones (excluding diaryl/α,β-unsaturated/α-hetero) is 1. The van der Waals surface area contributed by atoms with Gasteiger partial charge >= 0.3 is 6.09 Å². The van der Waals surface area contributed by atoms with Crippen molar-refractivity contribution in [3.63, 3.8) is 0 Å². The van der Waals surface area contributed by atoms with E-state index in [1.807, 2.05) is 25.7 Å². The van der Waals surface area contributed by atoms with Crippen LogP contribution in [-0.2, 0) is 9.53 Å². The van der Waals surface area contributed by atoms with E-state index in [9.17, 15) is 14.4 Å². The van der Waals surface area contributed by atoms with Crippen LogP contribution in [0.3, 0.4) is 0 Å². The molecule has 170 valence electrons. The first-order chi connectivity index (χ1) is 14.5. The third-order valence-electron chi connectivity index (χ3n) is 5.17. The summed E-state index contributed by atoms with van der Waals surface area (Å²) in [6.07, 6.45) is 2.00. The molecule has 1 N–H and O–H groups in total. The van der Waals surface area contributed by atoms with Crippen LogP contribution < -0.4 is 14.8 Å². The van der Waals surface area contributed by atoms with E-state index >= 15 is 0 Å². The van der Waals surface area contributed by atoms with Crippen LogP contribution in [0.5, 0.6) is 11.5 Å². The van der Waals surface area contributed by atoms with Crippen molar-refractivity contribution in [2.75, 3.05) is 32.2 Å². The monoisotopic (exact) mass is 433 g/mol. The highest BCUT2D eigenvalue weighted by molar-refractivity contribution is 6.05. The van der Waals surface area contributed by atoms with Crippen LogP contribution in [0.25, 0.3) is 0 Å². The van der Waals surface area contributed by atoms with Gasteiger partial charge in [0, 0.05) is 18.2 Å². The fourth-order valence-corrected chi connectivity index (χ4v) is 3.76. The number of benzene rings is 1. The summed E-state index contributed by atoms with van der Waals surface area (Å²) in [5.74, 6) is 0.483. The maximum absolute atomic E-state index is 12.8. The quantitative estimate of drug-likeness (QED) is 0.712. The zero-order valence-corrected chi connectivity index (χ0v) is 18.8. The zero-order valence-electron chi connectivity index (χ0n) is 18.8. The number of ketones is 1. The molecule has 0 bridgehead atoms. The maximum atomic E-state index is 12.8. The van der Waals surface area contributed by atoms with Gasteiger partial charge in [0.1, 0.15) is 5.60 Å². The first-order valence-electron chi connectivity index (χ1n) is 10.5. The van der Waals surface area contributed by atoms with Gasteiger partial charge in [0.15, 0.2) is 17.3 Å². The van der Waals surface area contributed by atoms with Gasteiger partial charge in [-0.05, 0) is 60.1 Å². The molecule has 2 aliphatic heterocycles. The Kier molecular flexibility index (Phi) is 6.74. The molecule has 0 saturated carbocycles. The average molecular weight is 434 g/mol. The molecule has 31 heavy (non-hydrogen) atoms. The Bertz CT molecular complexity index is 864. The summed E-state index contributed by atoms with van der Waals surface area (Å²) in [6, 6.07) is 3.18. The van der Waals surface area contributed by atoms with Gasteiger partial charge < -0.3 is 19.5 Å². The van der Waals surface area contributed by atoms with Gasteiger partial charge in [0.05, 0.1) is 18.4 Å². The van der Waals surface area contributed by atoms with Gasteiger partial charge in [-0.15, -0.1) is 0 Å². The predicted molar refractivity (Wildman–Crippen MR) is 114 cm³/mol. The van der Waals surface area contributed by atoms with Crippen molar-refractivity contribution in [2.45, 2.75) is 58.7 Å². The van der Waals surface area contributed by atoms with Crippen molar-refractivity contribution in [1.82, 2.24) is 9.80 Å². The number of carbonyl (C=O) groups is 3. The molecule has 1 atom stereocenters. The number of amides is 2. The van der Waals surface area contributed by atoms with Crippen molar-refractivity contribution in [3.8, 4) is 11.5 Å². The summed E-state index contributed by atoms with van der Waals surface area (Å²) < 4.78 is 16.2. The Balaban J connectivity index is 1.68. The van der Waals surface area contributed by atoms with E-state index in [2.05, 4.69) is 5.32 Å². The molecule has 1 fully saturated rings. The van der Waals surface area contributed by atoms with Gasteiger partial charge in [-0.1, -0.05) is 0 Å². The number of piperidine rings is 1. The van der Waals surface area contributed by atoms with Crippen LogP contribution in [0.2, 0.25) is 0 Å². The van der Waals surface area contributed by atoms with Gasteiger partial charge in [-0.3, -0.25) is 19.4 Å². The van der Waals surface area contributed by atoms with E-state index in [-0.39, 0.29) is 37.3 Å². The van der Waals surface area contributed by atoms with Crippen molar-refractivity contribution < 1.29 is 28.6 Å². The summed E-state index contributed by atoms with van der Waals surface area (Å²) in [5, 5.41) is 2.80. The molecule has 1 aromatic rings. The number of ether oxygens (including phenoxy) is 3.